The number of piperazine rings is 1. The number of nitrogens with zero attached hydrogens (tertiary/aromatic N) is 4. The summed E-state index contributed by atoms with van der Waals surface area (Å²) in [5.41, 5.74) is 0.350. The summed E-state index contributed by atoms with van der Waals surface area (Å²) < 4.78 is 43.4. The first kappa shape index (κ1) is 16.3. The standard InChI is InChI=1S/C15H15F3N4O2/c16-11-4-2-1-3-10(11)9-12(23)21-5-7-22(8-6-21)15-20-19-14(24-15)13(17)18/h1-4,13H,5-9H2. The maximum Gasteiger partial charge on any atom is 0.318 e. The molecule has 9 heteroatoms. The van der Waals surface area contributed by atoms with Gasteiger partial charge in [0, 0.05) is 26.2 Å². The summed E-state index contributed by atoms with van der Waals surface area (Å²) in [6.07, 6.45) is -2.82. The molecular formula is C15H15F3N4O2. The van der Waals surface area contributed by atoms with Crippen LogP contribution in [-0.4, -0.2) is 47.2 Å². The maximum atomic E-state index is 13.6. The molecule has 2 aromatic rings. The van der Waals surface area contributed by atoms with Crippen LogP contribution in [0.15, 0.2) is 28.7 Å². The fraction of sp³-hybridized carbons (Fsp3) is 0.400. The number of hydrogen-bond donors (Lipinski definition) is 0. The van der Waals surface area contributed by atoms with Crippen molar-refractivity contribution in [2.24, 2.45) is 0 Å². The molecule has 2 heterocycles. The van der Waals surface area contributed by atoms with Crippen molar-refractivity contribution in [1.29, 1.82) is 0 Å². The van der Waals surface area contributed by atoms with E-state index in [1.54, 1.807) is 28.0 Å². The number of amides is 1. The summed E-state index contributed by atoms with van der Waals surface area (Å²) in [6.45, 7) is 1.52. The summed E-state index contributed by atoms with van der Waals surface area (Å²) in [4.78, 5) is 15.5. The minimum Gasteiger partial charge on any atom is -0.402 e. The normalized spacial score (nSPS) is 15.2. The minimum atomic E-state index is -2.81. The zero-order valence-corrected chi connectivity index (χ0v) is 12.7. The first-order valence-corrected chi connectivity index (χ1v) is 7.42. The van der Waals surface area contributed by atoms with Gasteiger partial charge in [-0.15, -0.1) is 5.10 Å². The molecule has 1 aromatic carbocycles. The molecule has 1 aromatic heterocycles. The van der Waals surface area contributed by atoms with E-state index in [0.717, 1.165) is 0 Å². The molecule has 1 aliphatic rings. The van der Waals surface area contributed by atoms with E-state index >= 15 is 0 Å². The maximum absolute atomic E-state index is 13.6. The van der Waals surface area contributed by atoms with Crippen molar-refractivity contribution in [3.8, 4) is 0 Å². The Balaban J connectivity index is 1.56. The van der Waals surface area contributed by atoms with Gasteiger partial charge in [0.15, 0.2) is 0 Å². The van der Waals surface area contributed by atoms with E-state index in [4.69, 9.17) is 4.42 Å². The second-order valence-corrected chi connectivity index (χ2v) is 5.36. The van der Waals surface area contributed by atoms with Crippen molar-refractivity contribution in [3.05, 3.63) is 41.5 Å². The molecule has 1 amide bonds. The highest BCUT2D eigenvalue weighted by atomic mass is 19.3. The summed E-state index contributed by atoms with van der Waals surface area (Å²) in [5.74, 6) is -1.31. The largest absolute Gasteiger partial charge is 0.402 e. The van der Waals surface area contributed by atoms with Gasteiger partial charge in [0.1, 0.15) is 5.82 Å². The first-order chi connectivity index (χ1) is 11.5. The van der Waals surface area contributed by atoms with Crippen LogP contribution >= 0.6 is 0 Å². The number of rotatable bonds is 4. The molecule has 0 aliphatic carbocycles. The molecule has 3 rings (SSSR count). The summed E-state index contributed by atoms with van der Waals surface area (Å²) in [7, 11) is 0. The molecule has 0 bridgehead atoms. The third-order valence-corrected chi connectivity index (χ3v) is 3.82. The van der Waals surface area contributed by atoms with Crippen LogP contribution in [0, 0.1) is 5.82 Å². The van der Waals surface area contributed by atoms with Crippen molar-refractivity contribution in [2.45, 2.75) is 12.8 Å². The van der Waals surface area contributed by atoms with Gasteiger partial charge in [0.25, 0.3) is 5.89 Å². The lowest BCUT2D eigenvalue weighted by atomic mass is 10.1. The molecule has 0 atom stereocenters. The van der Waals surface area contributed by atoms with Crippen molar-refractivity contribution in [2.75, 3.05) is 31.1 Å². The number of hydrogen-bond acceptors (Lipinski definition) is 5. The van der Waals surface area contributed by atoms with Crippen LogP contribution in [0.4, 0.5) is 19.2 Å². The SMILES string of the molecule is O=C(Cc1ccccc1F)N1CCN(c2nnc(C(F)F)o2)CC1. The number of carbonyl (C=O) groups excluding carboxylic acids is 1. The van der Waals surface area contributed by atoms with Gasteiger partial charge in [-0.2, -0.15) is 8.78 Å². The Morgan fingerprint density at radius 3 is 2.50 bits per heavy atom. The molecule has 1 saturated heterocycles. The van der Waals surface area contributed by atoms with Crippen molar-refractivity contribution in [3.63, 3.8) is 0 Å². The van der Waals surface area contributed by atoms with Crippen LogP contribution in [-0.2, 0) is 11.2 Å². The van der Waals surface area contributed by atoms with Gasteiger partial charge in [0.2, 0.25) is 5.91 Å². The van der Waals surface area contributed by atoms with E-state index in [1.807, 2.05) is 0 Å². The minimum absolute atomic E-state index is 0.0111. The van der Waals surface area contributed by atoms with Gasteiger partial charge in [-0.25, -0.2) is 4.39 Å². The lowest BCUT2D eigenvalue weighted by Crippen LogP contribution is -2.49. The lowest BCUT2D eigenvalue weighted by Gasteiger charge is -2.33. The van der Waals surface area contributed by atoms with Gasteiger partial charge in [-0.05, 0) is 11.6 Å². The van der Waals surface area contributed by atoms with Crippen LogP contribution in [0.1, 0.15) is 17.9 Å². The Morgan fingerprint density at radius 1 is 1.17 bits per heavy atom. The fourth-order valence-electron chi connectivity index (χ4n) is 2.51. The highest BCUT2D eigenvalue weighted by molar-refractivity contribution is 5.79. The summed E-state index contributed by atoms with van der Waals surface area (Å²) in [6, 6.07) is 6.16. The van der Waals surface area contributed by atoms with Crippen molar-refractivity contribution < 1.29 is 22.4 Å². The van der Waals surface area contributed by atoms with Gasteiger partial charge in [0.05, 0.1) is 6.42 Å². The zero-order chi connectivity index (χ0) is 17.1. The van der Waals surface area contributed by atoms with E-state index in [9.17, 15) is 18.0 Å². The number of carbonyl (C=O) groups is 1. The van der Waals surface area contributed by atoms with E-state index in [0.29, 0.717) is 31.7 Å². The second-order valence-electron chi connectivity index (χ2n) is 5.36. The molecule has 1 aliphatic heterocycles. The number of benzene rings is 1. The molecule has 0 radical (unpaired) electrons. The second kappa shape index (κ2) is 6.90. The van der Waals surface area contributed by atoms with E-state index < -0.39 is 18.1 Å². The monoisotopic (exact) mass is 340 g/mol. The Morgan fingerprint density at radius 2 is 1.88 bits per heavy atom. The lowest BCUT2D eigenvalue weighted by molar-refractivity contribution is -0.130. The molecule has 0 saturated carbocycles. The third-order valence-electron chi connectivity index (χ3n) is 3.82. The van der Waals surface area contributed by atoms with Crippen LogP contribution in [0.25, 0.3) is 0 Å². The predicted octanol–water partition coefficient (Wildman–Crippen LogP) is 2.04. The molecule has 0 N–H and O–H groups in total. The average Bonchev–Trinajstić information content (AvgIpc) is 3.07. The topological polar surface area (TPSA) is 62.5 Å². The van der Waals surface area contributed by atoms with Crippen LogP contribution in [0.3, 0.4) is 0 Å². The predicted molar refractivity (Wildman–Crippen MR) is 78.2 cm³/mol. The highest BCUT2D eigenvalue weighted by Crippen LogP contribution is 2.22. The zero-order valence-electron chi connectivity index (χ0n) is 12.7. The molecule has 24 heavy (non-hydrogen) atoms. The van der Waals surface area contributed by atoms with Gasteiger partial charge < -0.3 is 14.2 Å². The summed E-state index contributed by atoms with van der Waals surface area (Å²) in [5, 5.41) is 6.87. The number of alkyl halides is 2. The van der Waals surface area contributed by atoms with Gasteiger partial charge in [-0.3, -0.25) is 4.79 Å². The number of anilines is 1. The Labute approximate surface area is 135 Å². The molecule has 0 spiro atoms. The smallest absolute Gasteiger partial charge is 0.318 e. The Bertz CT molecular complexity index is 714. The third kappa shape index (κ3) is 3.50. The van der Waals surface area contributed by atoms with Crippen LogP contribution < -0.4 is 4.90 Å². The molecule has 0 unspecified atom stereocenters. The Hall–Kier alpha value is -2.58. The highest BCUT2D eigenvalue weighted by Gasteiger charge is 2.26. The van der Waals surface area contributed by atoms with E-state index in [2.05, 4.69) is 10.2 Å². The fourth-order valence-corrected chi connectivity index (χ4v) is 2.51. The number of halogens is 3. The van der Waals surface area contributed by atoms with Crippen molar-refractivity contribution in [1.82, 2.24) is 15.1 Å². The van der Waals surface area contributed by atoms with Gasteiger partial charge >= 0.3 is 12.4 Å². The summed E-state index contributed by atoms with van der Waals surface area (Å²) >= 11 is 0. The van der Waals surface area contributed by atoms with Crippen LogP contribution in [0.5, 0.6) is 0 Å². The average molecular weight is 340 g/mol. The number of aromatic nitrogens is 2. The molecule has 6 nitrogen and oxygen atoms in total. The quantitative estimate of drug-likeness (QED) is 0.852. The first-order valence-electron chi connectivity index (χ1n) is 7.42. The Kier molecular flexibility index (Phi) is 4.68. The molecular weight excluding hydrogens is 325 g/mol. The van der Waals surface area contributed by atoms with Gasteiger partial charge in [-0.1, -0.05) is 23.3 Å². The van der Waals surface area contributed by atoms with Crippen molar-refractivity contribution >= 4 is 11.9 Å². The van der Waals surface area contributed by atoms with E-state index in [-0.39, 0.29) is 18.3 Å². The molecule has 1 fully saturated rings. The van der Waals surface area contributed by atoms with E-state index in [1.165, 1.54) is 6.07 Å². The molecule has 128 valence electrons. The van der Waals surface area contributed by atoms with Crippen LogP contribution in [0.2, 0.25) is 0 Å².